The molecule has 1 aliphatic rings. The molecule has 1 atom stereocenters. The maximum Gasteiger partial charge on any atom is 0.0595 e. The molecule has 6 heteroatoms. The monoisotopic (exact) mass is 462 g/mol. The molecule has 2 nitrogen and oxygen atoms in total. The van der Waals surface area contributed by atoms with Crippen molar-refractivity contribution in [1.29, 1.82) is 0 Å². The van der Waals surface area contributed by atoms with Crippen molar-refractivity contribution in [2.24, 2.45) is 11.7 Å². The summed E-state index contributed by atoms with van der Waals surface area (Å²) in [4.78, 5) is 2.58. The zero-order valence-corrected chi connectivity index (χ0v) is 19.2. The van der Waals surface area contributed by atoms with Crippen molar-refractivity contribution in [2.45, 2.75) is 31.6 Å². The molecule has 0 bridgehead atoms. The number of piperidine rings is 1. The standard InChI is InChI=1S/C22H28Cl2N2.2ClH/c23-21-7-6-19(15-22(21)24)20(16-25)10-13-26-11-8-18(9-12-26)14-17-4-2-1-3-5-17;;/h1-7,15,18,20H,8-14,16,25H2;2*1H. The van der Waals surface area contributed by atoms with Crippen molar-refractivity contribution in [2.75, 3.05) is 26.2 Å². The number of hydrogen-bond acceptors (Lipinski definition) is 2. The van der Waals surface area contributed by atoms with Crippen LogP contribution in [-0.2, 0) is 6.42 Å². The molecule has 28 heavy (non-hydrogen) atoms. The van der Waals surface area contributed by atoms with Gasteiger partial charge in [0.2, 0.25) is 0 Å². The molecule has 0 spiro atoms. The Labute approximate surface area is 191 Å². The minimum atomic E-state index is 0. The van der Waals surface area contributed by atoms with Gasteiger partial charge in [0.25, 0.3) is 0 Å². The fourth-order valence-corrected chi connectivity index (χ4v) is 4.19. The summed E-state index contributed by atoms with van der Waals surface area (Å²) in [7, 11) is 0. The van der Waals surface area contributed by atoms with Crippen LogP contribution in [0.2, 0.25) is 10.0 Å². The molecular formula is C22H30Cl4N2. The zero-order chi connectivity index (χ0) is 18.4. The van der Waals surface area contributed by atoms with Crippen molar-refractivity contribution in [3.63, 3.8) is 0 Å². The molecule has 0 radical (unpaired) electrons. The zero-order valence-electron chi connectivity index (χ0n) is 16.0. The lowest BCUT2D eigenvalue weighted by Crippen LogP contribution is -2.36. The second-order valence-electron chi connectivity index (χ2n) is 7.37. The third kappa shape index (κ3) is 7.40. The van der Waals surface area contributed by atoms with Crippen LogP contribution < -0.4 is 5.73 Å². The molecule has 2 aromatic carbocycles. The lowest BCUT2D eigenvalue weighted by atomic mass is 9.89. The fraction of sp³-hybridized carbons (Fsp3) is 0.455. The Bertz CT molecular complexity index is 688. The summed E-state index contributed by atoms with van der Waals surface area (Å²) in [5, 5.41) is 1.22. The lowest BCUT2D eigenvalue weighted by Gasteiger charge is -2.33. The van der Waals surface area contributed by atoms with E-state index in [9.17, 15) is 0 Å². The van der Waals surface area contributed by atoms with E-state index in [0.29, 0.717) is 22.5 Å². The minimum absolute atomic E-state index is 0. The van der Waals surface area contributed by atoms with Gasteiger partial charge >= 0.3 is 0 Å². The summed E-state index contributed by atoms with van der Waals surface area (Å²) in [6.45, 7) is 4.12. The van der Waals surface area contributed by atoms with E-state index in [1.54, 1.807) is 0 Å². The molecule has 2 aromatic rings. The quantitative estimate of drug-likeness (QED) is 0.527. The van der Waals surface area contributed by atoms with Gasteiger partial charge in [-0.2, -0.15) is 0 Å². The van der Waals surface area contributed by atoms with Gasteiger partial charge in [0.05, 0.1) is 10.0 Å². The van der Waals surface area contributed by atoms with Gasteiger partial charge in [-0.25, -0.2) is 0 Å². The Morgan fingerprint density at radius 1 is 0.964 bits per heavy atom. The van der Waals surface area contributed by atoms with Crippen LogP contribution in [0, 0.1) is 5.92 Å². The molecule has 3 rings (SSSR count). The SMILES string of the molecule is Cl.Cl.NCC(CCN1CCC(Cc2ccccc2)CC1)c1ccc(Cl)c(Cl)c1. The fourth-order valence-electron chi connectivity index (χ4n) is 3.89. The van der Waals surface area contributed by atoms with Crippen molar-refractivity contribution < 1.29 is 0 Å². The third-order valence-corrected chi connectivity index (χ3v) is 6.31. The number of nitrogens with two attached hydrogens (primary N) is 1. The molecule has 0 aliphatic carbocycles. The molecule has 1 aliphatic heterocycles. The van der Waals surface area contributed by atoms with E-state index in [2.05, 4.69) is 41.3 Å². The predicted molar refractivity (Wildman–Crippen MR) is 127 cm³/mol. The van der Waals surface area contributed by atoms with Gasteiger partial charge in [0.15, 0.2) is 0 Å². The van der Waals surface area contributed by atoms with Crippen molar-refractivity contribution in [1.82, 2.24) is 4.90 Å². The Hall–Kier alpha value is -0.480. The smallest absolute Gasteiger partial charge is 0.0595 e. The second kappa shape index (κ2) is 13.0. The van der Waals surface area contributed by atoms with Crippen molar-refractivity contribution in [3.05, 3.63) is 69.7 Å². The first kappa shape index (κ1) is 25.6. The molecule has 1 heterocycles. The number of likely N-dealkylation sites (tertiary alicyclic amines) is 1. The van der Waals surface area contributed by atoms with E-state index in [-0.39, 0.29) is 24.8 Å². The van der Waals surface area contributed by atoms with Crippen molar-refractivity contribution >= 4 is 48.0 Å². The maximum atomic E-state index is 6.16. The van der Waals surface area contributed by atoms with Crippen LogP contribution in [0.15, 0.2) is 48.5 Å². The summed E-state index contributed by atoms with van der Waals surface area (Å²) in [6, 6.07) is 16.8. The number of halogens is 4. The largest absolute Gasteiger partial charge is 0.330 e. The van der Waals surface area contributed by atoms with Gasteiger partial charge in [0.1, 0.15) is 0 Å². The van der Waals surface area contributed by atoms with Gasteiger partial charge in [-0.1, -0.05) is 59.6 Å². The Kier molecular flexibility index (Phi) is 11.8. The average Bonchev–Trinajstić information content (AvgIpc) is 2.67. The summed E-state index contributed by atoms with van der Waals surface area (Å²) >= 11 is 12.2. The van der Waals surface area contributed by atoms with E-state index in [1.165, 1.54) is 43.5 Å². The number of rotatable bonds is 7. The van der Waals surface area contributed by atoms with Crippen LogP contribution in [0.1, 0.15) is 36.3 Å². The summed E-state index contributed by atoms with van der Waals surface area (Å²) < 4.78 is 0. The summed E-state index contributed by atoms with van der Waals surface area (Å²) in [5.41, 5.74) is 8.68. The normalized spacial score (nSPS) is 16.1. The van der Waals surface area contributed by atoms with E-state index < -0.39 is 0 Å². The molecule has 156 valence electrons. The first-order valence-electron chi connectivity index (χ1n) is 9.57. The predicted octanol–water partition coefficient (Wildman–Crippen LogP) is 6.22. The number of benzene rings is 2. The van der Waals surface area contributed by atoms with Crippen LogP contribution >= 0.6 is 48.0 Å². The first-order chi connectivity index (χ1) is 12.7. The molecule has 1 saturated heterocycles. The van der Waals surface area contributed by atoms with Crippen LogP contribution in [0.3, 0.4) is 0 Å². The molecular weight excluding hydrogens is 434 g/mol. The second-order valence-corrected chi connectivity index (χ2v) is 8.18. The summed E-state index contributed by atoms with van der Waals surface area (Å²) in [5.74, 6) is 1.15. The van der Waals surface area contributed by atoms with Gasteiger partial charge in [-0.05, 0) is 87.0 Å². The lowest BCUT2D eigenvalue weighted by molar-refractivity contribution is 0.179. The highest BCUT2D eigenvalue weighted by Crippen LogP contribution is 2.28. The van der Waals surface area contributed by atoms with Gasteiger partial charge in [-0.15, -0.1) is 24.8 Å². The number of hydrogen-bond donors (Lipinski definition) is 1. The van der Waals surface area contributed by atoms with Gasteiger partial charge < -0.3 is 10.6 Å². The highest BCUT2D eigenvalue weighted by Gasteiger charge is 2.20. The highest BCUT2D eigenvalue weighted by molar-refractivity contribution is 6.42. The van der Waals surface area contributed by atoms with E-state index in [4.69, 9.17) is 28.9 Å². The van der Waals surface area contributed by atoms with Gasteiger partial charge in [-0.3, -0.25) is 0 Å². The molecule has 0 aromatic heterocycles. The van der Waals surface area contributed by atoms with Crippen LogP contribution in [0.5, 0.6) is 0 Å². The average molecular weight is 464 g/mol. The molecule has 0 saturated carbocycles. The van der Waals surface area contributed by atoms with Crippen LogP contribution in [0.25, 0.3) is 0 Å². The molecule has 1 unspecified atom stereocenters. The number of nitrogens with zero attached hydrogens (tertiary/aromatic N) is 1. The highest BCUT2D eigenvalue weighted by atomic mass is 35.5. The Morgan fingerprint density at radius 2 is 1.64 bits per heavy atom. The van der Waals surface area contributed by atoms with E-state index in [1.807, 2.05) is 12.1 Å². The topological polar surface area (TPSA) is 29.3 Å². The van der Waals surface area contributed by atoms with Crippen LogP contribution in [-0.4, -0.2) is 31.1 Å². The first-order valence-corrected chi connectivity index (χ1v) is 10.3. The van der Waals surface area contributed by atoms with E-state index in [0.717, 1.165) is 18.9 Å². The maximum absolute atomic E-state index is 6.16. The van der Waals surface area contributed by atoms with Crippen molar-refractivity contribution in [3.8, 4) is 0 Å². The minimum Gasteiger partial charge on any atom is -0.330 e. The van der Waals surface area contributed by atoms with E-state index >= 15 is 0 Å². The molecule has 1 fully saturated rings. The molecule has 2 N–H and O–H groups in total. The molecule has 0 amide bonds. The Balaban J connectivity index is 0.00000196. The van der Waals surface area contributed by atoms with Gasteiger partial charge in [0, 0.05) is 0 Å². The summed E-state index contributed by atoms with van der Waals surface area (Å²) in [6.07, 6.45) is 4.85. The van der Waals surface area contributed by atoms with Crippen LogP contribution in [0.4, 0.5) is 0 Å². The third-order valence-electron chi connectivity index (χ3n) is 5.57. The Morgan fingerprint density at radius 3 is 2.25 bits per heavy atom.